The summed E-state index contributed by atoms with van der Waals surface area (Å²) in [6.45, 7) is 0. The Hall–Kier alpha value is -1.63. The highest BCUT2D eigenvalue weighted by Crippen LogP contribution is 2.10. The molecule has 78 valence electrons. The Morgan fingerprint density at radius 3 is 2.00 bits per heavy atom. The number of hydrogen-bond acceptors (Lipinski definition) is 5. The van der Waals surface area contributed by atoms with E-state index in [2.05, 4.69) is 11.7 Å². The van der Waals surface area contributed by atoms with Crippen molar-refractivity contribution in [3.63, 3.8) is 0 Å². The van der Waals surface area contributed by atoms with Crippen molar-refractivity contribution in [2.45, 2.75) is 0 Å². The molecule has 0 aliphatic heterocycles. The highest BCUT2D eigenvalue weighted by atomic mass is 16.4. The van der Waals surface area contributed by atoms with Gasteiger partial charge in [-0.1, -0.05) is 0 Å². The molecule has 0 saturated carbocycles. The minimum absolute atomic E-state index is 0.264. The number of aromatic carboxylic acids is 1. The zero-order valence-corrected chi connectivity index (χ0v) is 7.84. The van der Waals surface area contributed by atoms with Gasteiger partial charge in [0, 0.05) is 7.05 Å². The van der Waals surface area contributed by atoms with Crippen LogP contribution in [0.2, 0.25) is 0 Å². The van der Waals surface area contributed by atoms with Gasteiger partial charge in [-0.3, -0.25) is 11.7 Å². The van der Waals surface area contributed by atoms with E-state index in [1.54, 1.807) is 19.2 Å². The van der Waals surface area contributed by atoms with E-state index in [0.29, 0.717) is 0 Å². The Bertz CT molecular complexity index is 284. The molecule has 0 bridgehead atoms. The second-order valence-corrected chi connectivity index (χ2v) is 2.46. The highest BCUT2D eigenvalue weighted by molar-refractivity contribution is 5.87. The number of carbonyl (C=O) groups is 1. The topological polar surface area (TPSA) is 119 Å². The van der Waals surface area contributed by atoms with Crippen molar-refractivity contribution in [2.24, 2.45) is 17.5 Å². The summed E-state index contributed by atoms with van der Waals surface area (Å²) >= 11 is 0. The summed E-state index contributed by atoms with van der Waals surface area (Å²) in [7, 11) is 1.69. The summed E-state index contributed by atoms with van der Waals surface area (Å²) in [5.74, 6) is 12.5. The third-order valence-electron chi connectivity index (χ3n) is 1.52. The summed E-state index contributed by atoms with van der Waals surface area (Å²) in [4.78, 5) is 10.4. The van der Waals surface area contributed by atoms with Crippen LogP contribution in [0.3, 0.4) is 0 Å². The van der Waals surface area contributed by atoms with Crippen molar-refractivity contribution >= 4 is 11.7 Å². The Balaban J connectivity index is 0.000000791. The lowest BCUT2D eigenvalue weighted by Gasteiger charge is -2.11. The van der Waals surface area contributed by atoms with Crippen LogP contribution in [0.4, 0.5) is 5.69 Å². The SMILES string of the molecule is CN(N)c1ccc(C(=O)O)cc1.NN. The highest BCUT2D eigenvalue weighted by Gasteiger charge is 2.01. The van der Waals surface area contributed by atoms with E-state index in [-0.39, 0.29) is 5.56 Å². The molecule has 0 spiro atoms. The molecule has 1 rings (SSSR count). The number of anilines is 1. The van der Waals surface area contributed by atoms with Crippen LogP contribution in [0, 0.1) is 0 Å². The molecule has 0 atom stereocenters. The molecular weight excluding hydrogens is 184 g/mol. The van der Waals surface area contributed by atoms with Gasteiger partial charge < -0.3 is 10.1 Å². The number of rotatable bonds is 2. The summed E-state index contributed by atoms with van der Waals surface area (Å²) in [6.07, 6.45) is 0. The van der Waals surface area contributed by atoms with Gasteiger partial charge in [-0.2, -0.15) is 0 Å². The van der Waals surface area contributed by atoms with Crippen molar-refractivity contribution in [2.75, 3.05) is 12.1 Å². The van der Waals surface area contributed by atoms with E-state index in [0.717, 1.165) is 5.69 Å². The van der Waals surface area contributed by atoms with Crippen LogP contribution in [0.25, 0.3) is 0 Å². The van der Waals surface area contributed by atoms with Gasteiger partial charge in [-0.15, -0.1) is 0 Å². The first-order chi connectivity index (χ1) is 6.61. The Kier molecular flexibility index (Phi) is 5.23. The molecule has 6 nitrogen and oxygen atoms in total. The predicted molar refractivity (Wildman–Crippen MR) is 54.4 cm³/mol. The lowest BCUT2D eigenvalue weighted by Crippen LogP contribution is -2.24. The zero-order chi connectivity index (χ0) is 11.1. The normalized spacial score (nSPS) is 8.57. The predicted octanol–water partition coefficient (Wildman–Crippen LogP) is -0.486. The Labute approximate surface area is 81.8 Å². The van der Waals surface area contributed by atoms with E-state index in [4.69, 9.17) is 10.9 Å². The molecule has 0 saturated heterocycles. The maximum Gasteiger partial charge on any atom is 0.335 e. The second-order valence-electron chi connectivity index (χ2n) is 2.46. The summed E-state index contributed by atoms with van der Waals surface area (Å²) in [5, 5.41) is 9.99. The molecule has 0 aromatic heterocycles. The van der Waals surface area contributed by atoms with Crippen LogP contribution in [-0.2, 0) is 0 Å². The molecule has 14 heavy (non-hydrogen) atoms. The maximum absolute atomic E-state index is 10.4. The first-order valence-electron chi connectivity index (χ1n) is 3.76. The number of carboxylic acids is 1. The largest absolute Gasteiger partial charge is 0.478 e. The summed E-state index contributed by atoms with van der Waals surface area (Å²) in [6, 6.07) is 6.34. The van der Waals surface area contributed by atoms with Gasteiger partial charge in [0.1, 0.15) is 0 Å². The number of benzene rings is 1. The van der Waals surface area contributed by atoms with E-state index >= 15 is 0 Å². The first kappa shape index (κ1) is 12.4. The fourth-order valence-corrected chi connectivity index (χ4v) is 0.839. The standard InChI is InChI=1S/C8H10N2O2.H4N2/c1-10(9)7-4-2-6(3-5-7)8(11)12;1-2/h2-5H,9H2,1H3,(H,11,12);1-2H2. The third-order valence-corrected chi connectivity index (χ3v) is 1.52. The first-order valence-corrected chi connectivity index (χ1v) is 3.76. The van der Waals surface area contributed by atoms with E-state index in [1.807, 2.05) is 0 Å². The number of hydrazine groups is 2. The molecule has 0 fully saturated rings. The number of hydrogen-bond donors (Lipinski definition) is 4. The van der Waals surface area contributed by atoms with Crippen LogP contribution in [0.5, 0.6) is 0 Å². The number of carboxylic acid groups (broad SMARTS) is 1. The fourth-order valence-electron chi connectivity index (χ4n) is 0.839. The van der Waals surface area contributed by atoms with E-state index in [1.165, 1.54) is 17.1 Å². The van der Waals surface area contributed by atoms with Crippen molar-refractivity contribution in [1.82, 2.24) is 0 Å². The van der Waals surface area contributed by atoms with E-state index in [9.17, 15) is 4.79 Å². The lowest BCUT2D eigenvalue weighted by molar-refractivity contribution is 0.0697. The average molecular weight is 198 g/mol. The molecule has 0 heterocycles. The van der Waals surface area contributed by atoms with Gasteiger partial charge in [-0.05, 0) is 24.3 Å². The minimum atomic E-state index is -0.929. The minimum Gasteiger partial charge on any atom is -0.478 e. The molecule has 0 radical (unpaired) electrons. The molecule has 7 N–H and O–H groups in total. The van der Waals surface area contributed by atoms with Gasteiger partial charge in [-0.25, -0.2) is 10.6 Å². The Morgan fingerprint density at radius 2 is 1.71 bits per heavy atom. The van der Waals surface area contributed by atoms with Crippen molar-refractivity contribution in [3.8, 4) is 0 Å². The molecule has 0 amide bonds. The van der Waals surface area contributed by atoms with Crippen LogP contribution >= 0.6 is 0 Å². The zero-order valence-electron chi connectivity index (χ0n) is 7.84. The van der Waals surface area contributed by atoms with Crippen LogP contribution in [-0.4, -0.2) is 18.1 Å². The quantitative estimate of drug-likeness (QED) is 0.376. The molecule has 0 aliphatic rings. The van der Waals surface area contributed by atoms with Gasteiger partial charge in [0.15, 0.2) is 0 Å². The fraction of sp³-hybridized carbons (Fsp3) is 0.125. The third kappa shape index (κ3) is 3.40. The average Bonchev–Trinajstić information content (AvgIpc) is 2.21. The van der Waals surface area contributed by atoms with Crippen LogP contribution in [0.1, 0.15) is 10.4 Å². The van der Waals surface area contributed by atoms with Crippen LogP contribution < -0.4 is 22.5 Å². The molecule has 1 aromatic carbocycles. The Morgan fingerprint density at radius 1 is 1.29 bits per heavy atom. The maximum atomic E-state index is 10.4. The molecular formula is C8H14N4O2. The summed E-state index contributed by atoms with van der Waals surface area (Å²) < 4.78 is 0. The van der Waals surface area contributed by atoms with Gasteiger partial charge in [0.2, 0.25) is 0 Å². The molecule has 0 unspecified atom stereocenters. The monoisotopic (exact) mass is 198 g/mol. The van der Waals surface area contributed by atoms with Gasteiger partial charge in [0.25, 0.3) is 0 Å². The summed E-state index contributed by atoms with van der Waals surface area (Å²) in [5.41, 5.74) is 1.04. The van der Waals surface area contributed by atoms with Crippen molar-refractivity contribution in [3.05, 3.63) is 29.8 Å². The van der Waals surface area contributed by atoms with Crippen molar-refractivity contribution in [1.29, 1.82) is 0 Å². The molecule has 1 aromatic rings. The smallest absolute Gasteiger partial charge is 0.335 e. The van der Waals surface area contributed by atoms with E-state index < -0.39 is 5.97 Å². The number of nitrogens with two attached hydrogens (primary N) is 3. The lowest BCUT2D eigenvalue weighted by atomic mass is 10.2. The number of nitrogens with zero attached hydrogens (tertiary/aromatic N) is 1. The van der Waals surface area contributed by atoms with Gasteiger partial charge >= 0.3 is 5.97 Å². The van der Waals surface area contributed by atoms with Crippen LogP contribution in [0.15, 0.2) is 24.3 Å². The van der Waals surface area contributed by atoms with Gasteiger partial charge in [0.05, 0.1) is 11.3 Å². The molecule has 0 aliphatic carbocycles. The van der Waals surface area contributed by atoms with Crippen molar-refractivity contribution < 1.29 is 9.90 Å². The molecule has 6 heteroatoms. The second kappa shape index (κ2) is 5.92.